The number of rotatable bonds is 6. The molecule has 140 valence electrons. The quantitative estimate of drug-likeness (QED) is 0.799. The number of ether oxygens (including phenoxy) is 1. The van der Waals surface area contributed by atoms with Crippen molar-refractivity contribution < 1.29 is 14.3 Å². The number of carbonyl (C=O) groups is 2. The highest BCUT2D eigenvalue weighted by Crippen LogP contribution is 2.41. The molecule has 2 amide bonds. The number of aryl methyl sites for hydroxylation is 2. The van der Waals surface area contributed by atoms with Crippen molar-refractivity contribution in [3.05, 3.63) is 28.8 Å². The van der Waals surface area contributed by atoms with Crippen molar-refractivity contribution in [3.63, 3.8) is 0 Å². The molecule has 2 fully saturated rings. The Morgan fingerprint density at radius 1 is 1.23 bits per heavy atom. The molecule has 1 aromatic carbocycles. The number of amides is 2. The van der Waals surface area contributed by atoms with E-state index in [4.69, 9.17) is 10.5 Å². The van der Waals surface area contributed by atoms with Gasteiger partial charge in [0.05, 0.1) is 19.2 Å². The lowest BCUT2D eigenvalue weighted by Gasteiger charge is -2.20. The molecule has 1 saturated heterocycles. The second kappa shape index (κ2) is 6.91. The summed E-state index contributed by atoms with van der Waals surface area (Å²) in [6, 6.07) is 4.08. The van der Waals surface area contributed by atoms with E-state index >= 15 is 0 Å². The van der Waals surface area contributed by atoms with Gasteiger partial charge in [-0.05, 0) is 67.2 Å². The van der Waals surface area contributed by atoms with Crippen LogP contribution in [0.15, 0.2) is 12.1 Å². The van der Waals surface area contributed by atoms with Crippen molar-refractivity contribution in [1.82, 2.24) is 10.2 Å². The maximum absolute atomic E-state index is 13.0. The summed E-state index contributed by atoms with van der Waals surface area (Å²) in [5.41, 5.74) is 8.53. The molecular weight excluding hydrogens is 330 g/mol. The zero-order chi connectivity index (χ0) is 18.3. The Kier molecular flexibility index (Phi) is 4.61. The summed E-state index contributed by atoms with van der Waals surface area (Å²) < 4.78 is 5.48. The monoisotopic (exact) mass is 357 g/mol. The Balaban J connectivity index is 1.51. The molecule has 4 rings (SSSR count). The molecule has 3 aliphatic rings. The largest absolute Gasteiger partial charge is 0.496 e. The van der Waals surface area contributed by atoms with Gasteiger partial charge in [-0.3, -0.25) is 14.5 Å². The molecule has 0 aromatic heterocycles. The first-order chi connectivity index (χ1) is 12.5. The zero-order valence-corrected chi connectivity index (χ0v) is 15.3. The molecule has 0 unspecified atom stereocenters. The molecule has 0 bridgehead atoms. The van der Waals surface area contributed by atoms with Crippen LogP contribution in [0.25, 0.3) is 0 Å². The van der Waals surface area contributed by atoms with Gasteiger partial charge in [-0.15, -0.1) is 0 Å². The van der Waals surface area contributed by atoms with Gasteiger partial charge in [0.25, 0.3) is 5.91 Å². The third-order valence-electron chi connectivity index (χ3n) is 6.02. The van der Waals surface area contributed by atoms with E-state index in [1.165, 1.54) is 24.0 Å². The number of hydrogen-bond acceptors (Lipinski definition) is 4. The summed E-state index contributed by atoms with van der Waals surface area (Å²) in [5.74, 6) is 1.32. The van der Waals surface area contributed by atoms with Crippen LogP contribution in [-0.4, -0.2) is 49.5 Å². The number of likely N-dealkylation sites (tertiary alicyclic amines) is 1. The number of nitrogens with zero attached hydrogens (tertiary/aromatic N) is 1. The summed E-state index contributed by atoms with van der Waals surface area (Å²) in [6.45, 7) is 1.78. The summed E-state index contributed by atoms with van der Waals surface area (Å²) in [7, 11) is 1.62. The van der Waals surface area contributed by atoms with Gasteiger partial charge in [0.1, 0.15) is 5.75 Å². The standard InChI is InChI=1S/C20H27N3O3/c1-26-18-8-14-4-2-3-13(14)7-15(18)20(25)22-17-10-23(11-19(21)24)9-16(17)12-5-6-12/h7-8,12,16-17H,2-6,9-11H2,1H3,(H2,21,24)(H,22,25)/t16-,17+/m1/s1. The Labute approximate surface area is 154 Å². The number of carbonyl (C=O) groups excluding carboxylic acids is 2. The van der Waals surface area contributed by atoms with Gasteiger partial charge >= 0.3 is 0 Å². The van der Waals surface area contributed by atoms with Gasteiger partial charge in [0, 0.05) is 19.1 Å². The third-order valence-corrected chi connectivity index (χ3v) is 6.02. The average Bonchev–Trinajstić information content (AvgIpc) is 3.22. The fourth-order valence-electron chi connectivity index (χ4n) is 4.61. The van der Waals surface area contributed by atoms with Crippen LogP contribution in [0.4, 0.5) is 0 Å². The van der Waals surface area contributed by atoms with Crippen LogP contribution in [0.2, 0.25) is 0 Å². The molecule has 1 aromatic rings. The lowest BCUT2D eigenvalue weighted by molar-refractivity contribution is -0.118. The molecule has 1 saturated carbocycles. The highest BCUT2D eigenvalue weighted by Gasteiger charge is 2.43. The van der Waals surface area contributed by atoms with Crippen molar-refractivity contribution in [2.24, 2.45) is 17.6 Å². The Bertz CT molecular complexity index is 729. The Morgan fingerprint density at radius 3 is 2.62 bits per heavy atom. The topological polar surface area (TPSA) is 84.7 Å². The highest BCUT2D eigenvalue weighted by atomic mass is 16.5. The molecule has 1 heterocycles. The first-order valence-electron chi connectivity index (χ1n) is 9.56. The van der Waals surface area contributed by atoms with E-state index in [2.05, 4.69) is 10.2 Å². The van der Waals surface area contributed by atoms with E-state index in [1.54, 1.807) is 7.11 Å². The van der Waals surface area contributed by atoms with Crippen LogP contribution in [-0.2, 0) is 17.6 Å². The van der Waals surface area contributed by atoms with Gasteiger partial charge in [-0.1, -0.05) is 0 Å². The van der Waals surface area contributed by atoms with Crippen LogP contribution in [0, 0.1) is 11.8 Å². The van der Waals surface area contributed by atoms with Crippen LogP contribution in [0.3, 0.4) is 0 Å². The molecule has 2 atom stereocenters. The normalized spacial score (nSPS) is 25.1. The van der Waals surface area contributed by atoms with Gasteiger partial charge < -0.3 is 15.8 Å². The molecular formula is C20H27N3O3. The minimum absolute atomic E-state index is 0.0623. The molecule has 1 aliphatic heterocycles. The number of nitrogens with one attached hydrogen (secondary N) is 1. The second-order valence-corrected chi connectivity index (χ2v) is 7.92. The first-order valence-corrected chi connectivity index (χ1v) is 9.56. The van der Waals surface area contributed by atoms with Gasteiger partial charge in [0.2, 0.25) is 5.91 Å². The van der Waals surface area contributed by atoms with Gasteiger partial charge in [-0.2, -0.15) is 0 Å². The molecule has 2 aliphatic carbocycles. The fourth-order valence-corrected chi connectivity index (χ4v) is 4.61. The van der Waals surface area contributed by atoms with Crippen LogP contribution < -0.4 is 15.8 Å². The zero-order valence-electron chi connectivity index (χ0n) is 15.3. The van der Waals surface area contributed by atoms with Crippen LogP contribution >= 0.6 is 0 Å². The molecule has 6 nitrogen and oxygen atoms in total. The number of primary amides is 1. The number of hydrogen-bond donors (Lipinski definition) is 2. The van der Waals surface area contributed by atoms with Crippen molar-refractivity contribution in [2.75, 3.05) is 26.7 Å². The predicted octanol–water partition coefficient (Wildman–Crippen LogP) is 1.11. The van der Waals surface area contributed by atoms with E-state index < -0.39 is 0 Å². The van der Waals surface area contributed by atoms with Crippen molar-refractivity contribution in [2.45, 2.75) is 38.1 Å². The van der Waals surface area contributed by atoms with E-state index in [-0.39, 0.29) is 24.4 Å². The first kappa shape index (κ1) is 17.3. The summed E-state index contributed by atoms with van der Waals surface area (Å²) in [4.78, 5) is 26.3. The minimum Gasteiger partial charge on any atom is -0.496 e. The van der Waals surface area contributed by atoms with E-state index in [0.717, 1.165) is 25.8 Å². The molecule has 26 heavy (non-hydrogen) atoms. The number of methoxy groups -OCH3 is 1. The lowest BCUT2D eigenvalue weighted by Crippen LogP contribution is -2.41. The van der Waals surface area contributed by atoms with E-state index in [9.17, 15) is 9.59 Å². The van der Waals surface area contributed by atoms with Crippen molar-refractivity contribution in [1.29, 1.82) is 0 Å². The average molecular weight is 357 g/mol. The van der Waals surface area contributed by atoms with Crippen LogP contribution in [0.1, 0.15) is 40.7 Å². The summed E-state index contributed by atoms with van der Waals surface area (Å²) in [5, 5.41) is 3.22. The lowest BCUT2D eigenvalue weighted by atomic mass is 9.97. The summed E-state index contributed by atoms with van der Waals surface area (Å²) in [6.07, 6.45) is 5.65. The van der Waals surface area contributed by atoms with Crippen molar-refractivity contribution >= 4 is 11.8 Å². The van der Waals surface area contributed by atoms with Gasteiger partial charge in [-0.25, -0.2) is 0 Å². The molecule has 0 radical (unpaired) electrons. The second-order valence-electron chi connectivity index (χ2n) is 7.92. The molecule has 3 N–H and O–H groups in total. The number of benzene rings is 1. The maximum atomic E-state index is 13.0. The number of fused-ring (bicyclic) bond motifs is 1. The van der Waals surface area contributed by atoms with E-state index in [1.807, 2.05) is 12.1 Å². The fraction of sp³-hybridized carbons (Fsp3) is 0.600. The number of nitrogens with two attached hydrogens (primary N) is 1. The Morgan fingerprint density at radius 2 is 1.96 bits per heavy atom. The third kappa shape index (κ3) is 3.43. The highest BCUT2D eigenvalue weighted by molar-refractivity contribution is 5.97. The summed E-state index contributed by atoms with van der Waals surface area (Å²) >= 11 is 0. The SMILES string of the molecule is COc1cc2c(cc1C(=O)N[C@H]1CN(CC(N)=O)C[C@@H]1C1CC1)CCC2. The Hall–Kier alpha value is -2.08. The van der Waals surface area contributed by atoms with Crippen molar-refractivity contribution in [3.8, 4) is 5.75 Å². The minimum atomic E-state index is -0.313. The van der Waals surface area contributed by atoms with Gasteiger partial charge in [0.15, 0.2) is 0 Å². The maximum Gasteiger partial charge on any atom is 0.255 e. The smallest absolute Gasteiger partial charge is 0.255 e. The predicted molar refractivity (Wildman–Crippen MR) is 98.1 cm³/mol. The van der Waals surface area contributed by atoms with Crippen LogP contribution in [0.5, 0.6) is 5.75 Å². The molecule has 6 heteroatoms. The van der Waals surface area contributed by atoms with E-state index in [0.29, 0.717) is 29.7 Å². The molecule has 0 spiro atoms.